The van der Waals surface area contributed by atoms with Crippen LogP contribution in [-0.4, -0.2) is 15.0 Å². The molecule has 58 heavy (non-hydrogen) atoms. The lowest BCUT2D eigenvalue weighted by Gasteiger charge is -2.13. The molecule has 12 aromatic rings. The molecule has 0 spiro atoms. The van der Waals surface area contributed by atoms with Crippen LogP contribution in [0.15, 0.2) is 188 Å². The minimum atomic E-state index is -0.477. The van der Waals surface area contributed by atoms with Crippen LogP contribution < -0.4 is 0 Å². The zero-order chi connectivity index (χ0) is 42.5. The SMILES string of the molecule is [2H]c1c([2H])c([2H])c(-c2nc(-c3cc4ccccc4c4sc5cc(-c6ccccc6)ccc5c34)nc(-c3cc4ccccc4c4sc5cc(-c6ccccc6)ccc5c34)n2)c([2H])c1[2H]. The monoisotopic (exact) mass is 778 g/mol. The maximum Gasteiger partial charge on any atom is 0.164 e. The molecular formula is C53H31N3S2. The van der Waals surface area contributed by atoms with Crippen LogP contribution in [0.25, 0.3) is 118 Å². The van der Waals surface area contributed by atoms with Crippen molar-refractivity contribution in [3.63, 3.8) is 0 Å². The Morgan fingerprint density at radius 2 is 0.810 bits per heavy atom. The molecule has 0 saturated carbocycles. The molecule has 3 heterocycles. The second-order valence-electron chi connectivity index (χ2n) is 14.4. The molecule has 0 atom stereocenters. The van der Waals surface area contributed by atoms with Crippen LogP contribution in [-0.2, 0) is 0 Å². The lowest BCUT2D eigenvalue weighted by atomic mass is 9.97. The van der Waals surface area contributed by atoms with E-state index in [0.717, 1.165) is 95.3 Å². The Kier molecular flexibility index (Phi) is 6.49. The van der Waals surface area contributed by atoms with Crippen LogP contribution in [0.5, 0.6) is 0 Å². The summed E-state index contributed by atoms with van der Waals surface area (Å²) >= 11 is 3.45. The molecule has 0 saturated heterocycles. The van der Waals surface area contributed by atoms with E-state index in [4.69, 9.17) is 21.8 Å². The van der Waals surface area contributed by atoms with Gasteiger partial charge in [0, 0.05) is 57.0 Å². The molecule has 0 radical (unpaired) electrons. The molecule has 9 aromatic carbocycles. The largest absolute Gasteiger partial charge is 0.208 e. The number of thiophene rings is 2. The lowest BCUT2D eigenvalue weighted by molar-refractivity contribution is 1.08. The van der Waals surface area contributed by atoms with E-state index in [2.05, 4.69) is 109 Å². The summed E-state index contributed by atoms with van der Waals surface area (Å²) in [5, 5.41) is 8.29. The molecule has 0 bridgehead atoms. The van der Waals surface area contributed by atoms with Crippen LogP contribution in [0.1, 0.15) is 6.85 Å². The molecule has 0 unspecified atom stereocenters. The van der Waals surface area contributed by atoms with Gasteiger partial charge in [0.1, 0.15) is 0 Å². The molecule has 270 valence electrons. The molecule has 3 aromatic heterocycles. The van der Waals surface area contributed by atoms with Gasteiger partial charge in [0.2, 0.25) is 0 Å². The predicted molar refractivity (Wildman–Crippen MR) is 248 cm³/mol. The van der Waals surface area contributed by atoms with E-state index in [0.29, 0.717) is 11.6 Å². The van der Waals surface area contributed by atoms with Crippen molar-refractivity contribution in [2.75, 3.05) is 0 Å². The predicted octanol–water partition coefficient (Wildman–Crippen LogP) is 15.2. The molecule has 0 aliphatic carbocycles. The number of fused-ring (bicyclic) bond motifs is 10. The fraction of sp³-hybridized carbons (Fsp3) is 0. The first-order valence-electron chi connectivity index (χ1n) is 21.5. The summed E-state index contributed by atoms with van der Waals surface area (Å²) in [6.45, 7) is 0. The highest BCUT2D eigenvalue weighted by Gasteiger charge is 2.22. The van der Waals surface area contributed by atoms with Gasteiger partial charge in [-0.3, -0.25) is 0 Å². The van der Waals surface area contributed by atoms with Gasteiger partial charge in [0.25, 0.3) is 0 Å². The Morgan fingerprint density at radius 1 is 0.362 bits per heavy atom. The molecule has 12 rings (SSSR count). The zero-order valence-electron chi connectivity index (χ0n) is 35.7. The second kappa shape index (κ2) is 13.3. The van der Waals surface area contributed by atoms with E-state index >= 15 is 0 Å². The number of rotatable bonds is 5. The van der Waals surface area contributed by atoms with Crippen LogP contribution in [0.4, 0.5) is 0 Å². The van der Waals surface area contributed by atoms with E-state index in [-0.39, 0.29) is 23.5 Å². The maximum atomic E-state index is 9.08. The van der Waals surface area contributed by atoms with Crippen molar-refractivity contribution in [1.29, 1.82) is 0 Å². The van der Waals surface area contributed by atoms with Gasteiger partial charge in [-0.05, 0) is 68.1 Å². The van der Waals surface area contributed by atoms with Gasteiger partial charge < -0.3 is 0 Å². The van der Waals surface area contributed by atoms with Crippen LogP contribution in [0.2, 0.25) is 0 Å². The van der Waals surface area contributed by atoms with Gasteiger partial charge in [0.05, 0.1) is 6.85 Å². The van der Waals surface area contributed by atoms with E-state index in [1.807, 2.05) is 48.5 Å². The molecule has 0 N–H and O–H groups in total. The number of aromatic nitrogens is 3. The van der Waals surface area contributed by atoms with Crippen molar-refractivity contribution in [2.24, 2.45) is 0 Å². The summed E-state index contributed by atoms with van der Waals surface area (Å²) in [7, 11) is 0. The second-order valence-corrected chi connectivity index (χ2v) is 16.5. The van der Waals surface area contributed by atoms with E-state index in [9.17, 15) is 0 Å². The summed E-state index contributed by atoms with van der Waals surface area (Å²) in [6.07, 6.45) is 0. The molecule has 0 aliphatic heterocycles. The molecule has 0 aliphatic rings. The smallest absolute Gasteiger partial charge is 0.164 e. The topological polar surface area (TPSA) is 38.7 Å². The Morgan fingerprint density at radius 3 is 1.31 bits per heavy atom. The van der Waals surface area contributed by atoms with E-state index in [1.165, 1.54) is 0 Å². The Balaban J connectivity index is 1.19. The number of hydrogen-bond acceptors (Lipinski definition) is 5. The quantitative estimate of drug-likeness (QED) is 0.175. The summed E-state index contributed by atoms with van der Waals surface area (Å²) in [6, 6.07) is 52.5. The number of hydrogen-bond donors (Lipinski definition) is 0. The lowest BCUT2D eigenvalue weighted by Crippen LogP contribution is -2.01. The fourth-order valence-electron chi connectivity index (χ4n) is 8.29. The average Bonchev–Trinajstić information content (AvgIpc) is 3.92. The van der Waals surface area contributed by atoms with Crippen LogP contribution >= 0.6 is 22.7 Å². The molecule has 0 amide bonds. The molecule has 3 nitrogen and oxygen atoms in total. The fourth-order valence-corrected chi connectivity index (χ4v) is 10.9. The number of nitrogens with zero attached hydrogens (tertiary/aromatic N) is 3. The third-order valence-electron chi connectivity index (χ3n) is 11.0. The average molecular weight is 779 g/mol. The van der Waals surface area contributed by atoms with Gasteiger partial charge >= 0.3 is 0 Å². The normalized spacial score (nSPS) is 13.0. The highest BCUT2D eigenvalue weighted by Crippen LogP contribution is 2.47. The van der Waals surface area contributed by atoms with Crippen molar-refractivity contribution in [3.8, 4) is 56.4 Å². The first-order valence-corrected chi connectivity index (χ1v) is 20.6. The van der Waals surface area contributed by atoms with Gasteiger partial charge in [-0.2, -0.15) is 0 Å². The van der Waals surface area contributed by atoms with Gasteiger partial charge in [-0.25, -0.2) is 15.0 Å². The van der Waals surface area contributed by atoms with Crippen LogP contribution in [0.3, 0.4) is 0 Å². The highest BCUT2D eigenvalue weighted by atomic mass is 32.1. The minimum Gasteiger partial charge on any atom is -0.208 e. The summed E-state index contributed by atoms with van der Waals surface area (Å²) in [5.41, 5.74) is 5.94. The van der Waals surface area contributed by atoms with Gasteiger partial charge in [-0.1, -0.05) is 164 Å². The van der Waals surface area contributed by atoms with Crippen LogP contribution in [0, 0.1) is 0 Å². The maximum absolute atomic E-state index is 9.08. The third kappa shape index (κ3) is 5.36. The van der Waals surface area contributed by atoms with Crippen molar-refractivity contribution in [1.82, 2.24) is 15.0 Å². The summed E-state index contributed by atoms with van der Waals surface area (Å²) in [4.78, 5) is 15.6. The van der Waals surface area contributed by atoms with E-state index in [1.54, 1.807) is 22.7 Å². The Labute approximate surface area is 349 Å². The first-order chi connectivity index (χ1) is 30.8. The zero-order valence-corrected chi connectivity index (χ0v) is 32.3. The Bertz CT molecular complexity index is 3620. The van der Waals surface area contributed by atoms with Crippen molar-refractivity contribution < 1.29 is 6.85 Å². The standard InChI is InChI=1S/C53H31N3S2/c1-4-14-32(15-5-1)35-24-26-41-45(30-35)57-49-39-22-12-10-20-37(39)28-43(47(41)49)52-54-51(34-18-8-3-9-19-34)55-53(56-52)44-29-38-21-11-13-23-40(38)50-48(44)42-27-25-36(31-46(42)58-50)33-16-6-2-7-17-33/h1-31H/i3D,8D,9D,18D,19D. The molecule has 5 heteroatoms. The minimum absolute atomic E-state index is 0.00594. The van der Waals surface area contributed by atoms with Gasteiger partial charge in [0.15, 0.2) is 17.5 Å². The van der Waals surface area contributed by atoms with Crippen molar-refractivity contribution >= 4 is 84.6 Å². The van der Waals surface area contributed by atoms with Crippen molar-refractivity contribution in [3.05, 3.63) is 188 Å². The molecule has 0 fully saturated rings. The van der Waals surface area contributed by atoms with Gasteiger partial charge in [-0.15, -0.1) is 22.7 Å². The summed E-state index contributed by atoms with van der Waals surface area (Å²) in [5.74, 6) is 0.694. The Hall–Kier alpha value is -7.05. The first kappa shape index (κ1) is 28.4. The summed E-state index contributed by atoms with van der Waals surface area (Å²) < 4.78 is 48.2. The van der Waals surface area contributed by atoms with E-state index < -0.39 is 18.1 Å². The third-order valence-corrected chi connectivity index (χ3v) is 13.4. The molecular weight excluding hydrogens is 743 g/mol. The van der Waals surface area contributed by atoms with Crippen molar-refractivity contribution in [2.45, 2.75) is 0 Å². The number of benzene rings is 9. The highest BCUT2D eigenvalue weighted by molar-refractivity contribution is 7.27.